The summed E-state index contributed by atoms with van der Waals surface area (Å²) in [6.45, 7) is 0.939. The molecule has 2 heterocycles. The molecule has 0 radical (unpaired) electrons. The highest BCUT2D eigenvalue weighted by atomic mass is 16.5. The third-order valence-corrected chi connectivity index (χ3v) is 3.52. The van der Waals surface area contributed by atoms with Gasteiger partial charge in [0.1, 0.15) is 5.75 Å². The summed E-state index contributed by atoms with van der Waals surface area (Å²) in [5.74, 6) is -0.375. The number of carbonyl (C=O) groups is 1. The monoisotopic (exact) mass is 265 g/mol. The molecule has 3 N–H and O–H groups in total. The van der Waals surface area contributed by atoms with E-state index in [1.54, 1.807) is 18.1 Å². The van der Waals surface area contributed by atoms with Crippen LogP contribution >= 0.6 is 0 Å². The number of rotatable bonds is 3. The molecule has 1 aromatic heterocycles. The zero-order valence-electron chi connectivity index (χ0n) is 11.0. The third kappa shape index (κ3) is 2.85. The number of likely N-dealkylation sites (tertiary alicyclic amines) is 1. The Labute approximate surface area is 112 Å². The Balaban J connectivity index is 2.17. The van der Waals surface area contributed by atoms with Crippen molar-refractivity contribution < 1.29 is 14.6 Å². The molecule has 1 amide bonds. The summed E-state index contributed by atoms with van der Waals surface area (Å²) in [7, 11) is 1.67. The maximum atomic E-state index is 12.4. The molecule has 0 spiro atoms. The van der Waals surface area contributed by atoms with Crippen molar-refractivity contribution in [3.05, 3.63) is 24.0 Å². The van der Waals surface area contributed by atoms with E-state index in [0.717, 1.165) is 6.42 Å². The van der Waals surface area contributed by atoms with Crippen molar-refractivity contribution in [1.29, 1.82) is 0 Å². The Bertz CT molecular complexity index is 453. The van der Waals surface area contributed by atoms with Gasteiger partial charge in [-0.2, -0.15) is 0 Å². The standard InChI is InChI=1S/C13H19N3O3/c1-19-10-4-6-16(9(7-10)8-14)13(18)12-11(17)3-2-5-15-12/h2-3,5,9-10,17H,4,6-8,14H2,1H3. The lowest BCUT2D eigenvalue weighted by atomic mass is 9.98. The molecule has 1 fully saturated rings. The normalized spacial score (nSPS) is 23.4. The van der Waals surface area contributed by atoms with Gasteiger partial charge >= 0.3 is 0 Å². The highest BCUT2D eigenvalue weighted by molar-refractivity contribution is 5.95. The molecule has 2 unspecified atom stereocenters. The van der Waals surface area contributed by atoms with Gasteiger partial charge in [0.05, 0.1) is 6.10 Å². The predicted octanol–water partition coefficient (Wildman–Crippen LogP) is 0.366. The lowest BCUT2D eigenvalue weighted by Gasteiger charge is -2.38. The fraction of sp³-hybridized carbons (Fsp3) is 0.538. The summed E-state index contributed by atoms with van der Waals surface area (Å²) in [5, 5.41) is 9.70. The van der Waals surface area contributed by atoms with Crippen LogP contribution in [0.2, 0.25) is 0 Å². The first-order valence-electron chi connectivity index (χ1n) is 6.35. The van der Waals surface area contributed by atoms with Crippen LogP contribution in [0.3, 0.4) is 0 Å². The molecule has 1 aromatic rings. The topological polar surface area (TPSA) is 88.7 Å². The highest BCUT2D eigenvalue weighted by Crippen LogP contribution is 2.23. The van der Waals surface area contributed by atoms with Crippen LogP contribution in [0.4, 0.5) is 0 Å². The van der Waals surface area contributed by atoms with Crippen molar-refractivity contribution in [1.82, 2.24) is 9.88 Å². The van der Waals surface area contributed by atoms with E-state index in [1.165, 1.54) is 12.3 Å². The van der Waals surface area contributed by atoms with Gasteiger partial charge in [0.15, 0.2) is 5.69 Å². The van der Waals surface area contributed by atoms with Gasteiger partial charge in [-0.25, -0.2) is 4.98 Å². The van der Waals surface area contributed by atoms with Gasteiger partial charge < -0.3 is 20.5 Å². The smallest absolute Gasteiger partial charge is 0.276 e. The lowest BCUT2D eigenvalue weighted by Crippen LogP contribution is -2.51. The Morgan fingerprint density at radius 3 is 3.11 bits per heavy atom. The minimum Gasteiger partial charge on any atom is -0.505 e. The maximum Gasteiger partial charge on any atom is 0.276 e. The van der Waals surface area contributed by atoms with Crippen LogP contribution in [-0.2, 0) is 4.74 Å². The number of aromatic hydroxyl groups is 1. The van der Waals surface area contributed by atoms with Crippen molar-refractivity contribution in [3.63, 3.8) is 0 Å². The molecule has 0 bridgehead atoms. The number of aromatic nitrogens is 1. The molecule has 0 aromatic carbocycles. The van der Waals surface area contributed by atoms with E-state index < -0.39 is 0 Å². The molecular weight excluding hydrogens is 246 g/mol. The number of nitrogens with zero attached hydrogens (tertiary/aromatic N) is 2. The molecule has 1 aliphatic heterocycles. The summed E-state index contributed by atoms with van der Waals surface area (Å²) < 4.78 is 5.32. The number of amides is 1. The van der Waals surface area contributed by atoms with E-state index in [4.69, 9.17) is 10.5 Å². The fourth-order valence-electron chi connectivity index (χ4n) is 2.42. The van der Waals surface area contributed by atoms with E-state index >= 15 is 0 Å². The highest BCUT2D eigenvalue weighted by Gasteiger charge is 2.32. The van der Waals surface area contributed by atoms with Crippen LogP contribution < -0.4 is 5.73 Å². The number of nitrogens with two attached hydrogens (primary N) is 1. The first-order valence-corrected chi connectivity index (χ1v) is 6.35. The largest absolute Gasteiger partial charge is 0.505 e. The number of piperidine rings is 1. The molecule has 2 atom stereocenters. The van der Waals surface area contributed by atoms with Crippen molar-refractivity contribution in [2.24, 2.45) is 5.73 Å². The van der Waals surface area contributed by atoms with Crippen LogP contribution in [0, 0.1) is 0 Å². The Kier molecular flexibility index (Phi) is 4.34. The number of methoxy groups -OCH3 is 1. The number of hydrogen-bond acceptors (Lipinski definition) is 5. The summed E-state index contributed by atoms with van der Waals surface area (Å²) >= 11 is 0. The number of carbonyl (C=O) groups excluding carboxylic acids is 1. The van der Waals surface area contributed by atoms with Crippen LogP contribution in [0.1, 0.15) is 23.3 Å². The molecule has 0 aliphatic carbocycles. The zero-order chi connectivity index (χ0) is 13.8. The van der Waals surface area contributed by atoms with E-state index in [2.05, 4.69) is 4.98 Å². The SMILES string of the molecule is COC1CCN(C(=O)c2ncccc2O)C(CN)C1. The molecule has 1 saturated heterocycles. The van der Waals surface area contributed by atoms with Gasteiger partial charge in [-0.05, 0) is 25.0 Å². The van der Waals surface area contributed by atoms with Gasteiger partial charge in [-0.3, -0.25) is 4.79 Å². The average Bonchev–Trinajstić information content (AvgIpc) is 2.46. The molecular formula is C13H19N3O3. The van der Waals surface area contributed by atoms with E-state index in [0.29, 0.717) is 19.5 Å². The van der Waals surface area contributed by atoms with Crippen LogP contribution in [0.15, 0.2) is 18.3 Å². The van der Waals surface area contributed by atoms with Gasteiger partial charge in [0.25, 0.3) is 5.91 Å². The van der Waals surface area contributed by atoms with Crippen molar-refractivity contribution in [3.8, 4) is 5.75 Å². The first-order chi connectivity index (χ1) is 9.17. The van der Waals surface area contributed by atoms with Crippen molar-refractivity contribution in [2.45, 2.75) is 25.0 Å². The van der Waals surface area contributed by atoms with Gasteiger partial charge in [0, 0.05) is 32.4 Å². The van der Waals surface area contributed by atoms with Crippen LogP contribution in [0.5, 0.6) is 5.75 Å². The number of hydrogen-bond donors (Lipinski definition) is 2. The Hall–Kier alpha value is -1.66. The number of pyridine rings is 1. The molecule has 1 aliphatic rings. The van der Waals surface area contributed by atoms with E-state index in [9.17, 15) is 9.90 Å². The second-order valence-electron chi connectivity index (χ2n) is 4.64. The summed E-state index contributed by atoms with van der Waals surface area (Å²) in [4.78, 5) is 18.0. The molecule has 104 valence electrons. The van der Waals surface area contributed by atoms with E-state index in [1.807, 2.05) is 0 Å². The minimum atomic E-state index is -0.275. The predicted molar refractivity (Wildman–Crippen MR) is 69.8 cm³/mol. The number of ether oxygens (including phenoxy) is 1. The quantitative estimate of drug-likeness (QED) is 0.824. The first kappa shape index (κ1) is 13.8. The molecule has 2 rings (SSSR count). The molecule has 6 heteroatoms. The fourth-order valence-corrected chi connectivity index (χ4v) is 2.42. The summed E-state index contributed by atoms with van der Waals surface area (Å²) in [6.07, 6.45) is 3.11. The third-order valence-electron chi connectivity index (χ3n) is 3.52. The zero-order valence-corrected chi connectivity index (χ0v) is 11.0. The summed E-state index contributed by atoms with van der Waals surface area (Å²) in [6, 6.07) is 2.97. The maximum absolute atomic E-state index is 12.4. The Morgan fingerprint density at radius 1 is 1.68 bits per heavy atom. The second-order valence-corrected chi connectivity index (χ2v) is 4.64. The lowest BCUT2D eigenvalue weighted by molar-refractivity contribution is 0.0135. The second kappa shape index (κ2) is 5.99. The summed E-state index contributed by atoms with van der Waals surface area (Å²) in [5.41, 5.74) is 5.81. The molecule has 0 saturated carbocycles. The van der Waals surface area contributed by atoms with Crippen LogP contribution in [-0.4, -0.2) is 53.2 Å². The van der Waals surface area contributed by atoms with E-state index in [-0.39, 0.29) is 29.5 Å². The van der Waals surface area contributed by atoms with Crippen molar-refractivity contribution >= 4 is 5.91 Å². The molecule has 19 heavy (non-hydrogen) atoms. The van der Waals surface area contributed by atoms with Gasteiger partial charge in [-0.15, -0.1) is 0 Å². The van der Waals surface area contributed by atoms with Gasteiger partial charge in [0.2, 0.25) is 0 Å². The average molecular weight is 265 g/mol. The van der Waals surface area contributed by atoms with Crippen LogP contribution in [0.25, 0.3) is 0 Å². The van der Waals surface area contributed by atoms with Gasteiger partial charge in [-0.1, -0.05) is 0 Å². The molecule has 6 nitrogen and oxygen atoms in total. The Morgan fingerprint density at radius 2 is 2.47 bits per heavy atom. The minimum absolute atomic E-state index is 0.0763. The van der Waals surface area contributed by atoms with Crippen molar-refractivity contribution in [2.75, 3.05) is 20.2 Å².